The lowest BCUT2D eigenvalue weighted by Gasteiger charge is -2.25. The standard InChI is InChI=1S/C16H19FN2O2/c17-12-6-5-11(9-13(12)18)19-14(20)10-16(15(19)21)7-3-1-2-4-8-16/h5-6,9H,1-4,7-8,10,18H2. The molecule has 0 unspecified atom stereocenters. The van der Waals surface area contributed by atoms with Crippen LogP contribution in [0, 0.1) is 11.2 Å². The van der Waals surface area contributed by atoms with Gasteiger partial charge in [0.15, 0.2) is 0 Å². The largest absolute Gasteiger partial charge is 0.396 e. The number of amides is 2. The van der Waals surface area contributed by atoms with Crippen LogP contribution < -0.4 is 10.6 Å². The van der Waals surface area contributed by atoms with Crippen molar-refractivity contribution >= 4 is 23.2 Å². The van der Waals surface area contributed by atoms with Crippen LogP contribution in [-0.2, 0) is 9.59 Å². The van der Waals surface area contributed by atoms with Crippen LogP contribution in [0.2, 0.25) is 0 Å². The third kappa shape index (κ3) is 2.30. The minimum absolute atomic E-state index is 0.0464. The first kappa shape index (κ1) is 14.0. The van der Waals surface area contributed by atoms with Crippen LogP contribution in [0.4, 0.5) is 15.8 Å². The molecule has 112 valence electrons. The molecule has 21 heavy (non-hydrogen) atoms. The number of nitrogens with zero attached hydrogens (tertiary/aromatic N) is 1. The Hall–Kier alpha value is -1.91. The zero-order valence-corrected chi connectivity index (χ0v) is 11.9. The number of benzene rings is 1. The summed E-state index contributed by atoms with van der Waals surface area (Å²) in [7, 11) is 0. The molecule has 1 spiro atoms. The van der Waals surface area contributed by atoms with Gasteiger partial charge in [-0.3, -0.25) is 9.59 Å². The first-order chi connectivity index (χ1) is 10.0. The van der Waals surface area contributed by atoms with Gasteiger partial charge in [0.05, 0.1) is 16.8 Å². The molecule has 1 aliphatic carbocycles. The lowest BCUT2D eigenvalue weighted by Crippen LogP contribution is -2.35. The molecule has 0 atom stereocenters. The van der Waals surface area contributed by atoms with Gasteiger partial charge in [-0.15, -0.1) is 0 Å². The molecule has 1 aliphatic heterocycles. The maximum atomic E-state index is 13.3. The van der Waals surface area contributed by atoms with Crippen molar-refractivity contribution < 1.29 is 14.0 Å². The molecule has 3 rings (SSSR count). The molecule has 4 nitrogen and oxygen atoms in total. The fraction of sp³-hybridized carbons (Fsp3) is 0.500. The molecule has 2 fully saturated rings. The van der Waals surface area contributed by atoms with Crippen molar-refractivity contribution in [2.75, 3.05) is 10.6 Å². The highest BCUT2D eigenvalue weighted by molar-refractivity contribution is 6.22. The second-order valence-corrected chi connectivity index (χ2v) is 6.11. The summed E-state index contributed by atoms with van der Waals surface area (Å²) in [5, 5.41) is 0. The lowest BCUT2D eigenvalue weighted by molar-refractivity contribution is -0.126. The van der Waals surface area contributed by atoms with Gasteiger partial charge in [-0.2, -0.15) is 0 Å². The van der Waals surface area contributed by atoms with Crippen LogP contribution >= 0.6 is 0 Å². The molecule has 5 heteroatoms. The Kier molecular flexibility index (Phi) is 3.43. The summed E-state index contributed by atoms with van der Waals surface area (Å²) in [6.45, 7) is 0. The molecule has 0 aromatic heterocycles. The molecular weight excluding hydrogens is 271 g/mol. The Balaban J connectivity index is 1.94. The van der Waals surface area contributed by atoms with Gasteiger partial charge in [-0.25, -0.2) is 9.29 Å². The topological polar surface area (TPSA) is 63.4 Å². The Labute approximate surface area is 123 Å². The number of nitrogen functional groups attached to an aromatic ring is 1. The number of carbonyl (C=O) groups excluding carboxylic acids is 2. The van der Waals surface area contributed by atoms with E-state index in [0.29, 0.717) is 5.69 Å². The average Bonchev–Trinajstić information content (AvgIpc) is 2.61. The molecular formula is C16H19FN2O2. The maximum absolute atomic E-state index is 13.3. The van der Waals surface area contributed by atoms with Gasteiger partial charge in [-0.1, -0.05) is 25.7 Å². The number of anilines is 2. The molecule has 2 aliphatic rings. The summed E-state index contributed by atoms with van der Waals surface area (Å²) < 4.78 is 13.3. The van der Waals surface area contributed by atoms with Gasteiger partial charge in [0.2, 0.25) is 11.8 Å². The molecule has 1 saturated carbocycles. The van der Waals surface area contributed by atoms with Crippen molar-refractivity contribution in [2.24, 2.45) is 5.41 Å². The van der Waals surface area contributed by atoms with E-state index in [4.69, 9.17) is 5.73 Å². The summed E-state index contributed by atoms with van der Waals surface area (Å²) in [6, 6.07) is 4.00. The zero-order chi connectivity index (χ0) is 15.0. The van der Waals surface area contributed by atoms with Crippen LogP contribution in [0.25, 0.3) is 0 Å². The molecule has 1 aromatic carbocycles. The van der Waals surface area contributed by atoms with Gasteiger partial charge in [0.1, 0.15) is 5.82 Å². The van der Waals surface area contributed by atoms with Crippen LogP contribution in [-0.4, -0.2) is 11.8 Å². The van der Waals surface area contributed by atoms with E-state index in [1.165, 1.54) is 23.1 Å². The van der Waals surface area contributed by atoms with E-state index in [-0.39, 0.29) is 23.9 Å². The van der Waals surface area contributed by atoms with E-state index in [1.54, 1.807) is 0 Å². The van der Waals surface area contributed by atoms with Gasteiger partial charge >= 0.3 is 0 Å². The number of hydrogen-bond donors (Lipinski definition) is 1. The second kappa shape index (κ2) is 5.13. The van der Waals surface area contributed by atoms with E-state index in [1.807, 2.05) is 0 Å². The summed E-state index contributed by atoms with van der Waals surface area (Å²) in [5.41, 5.74) is 5.34. The van der Waals surface area contributed by atoms with Crippen molar-refractivity contribution in [3.8, 4) is 0 Å². The van der Waals surface area contributed by atoms with Gasteiger partial charge in [0.25, 0.3) is 0 Å². The Morgan fingerprint density at radius 3 is 2.38 bits per heavy atom. The number of imide groups is 1. The highest BCUT2D eigenvalue weighted by atomic mass is 19.1. The normalized spacial score (nSPS) is 21.9. The minimum atomic E-state index is -0.545. The Bertz CT molecular complexity index is 592. The third-order valence-electron chi connectivity index (χ3n) is 4.69. The molecule has 1 saturated heterocycles. The second-order valence-electron chi connectivity index (χ2n) is 6.11. The third-order valence-corrected chi connectivity index (χ3v) is 4.69. The predicted molar refractivity (Wildman–Crippen MR) is 78.1 cm³/mol. The van der Waals surface area contributed by atoms with Crippen molar-refractivity contribution in [3.63, 3.8) is 0 Å². The van der Waals surface area contributed by atoms with Crippen LogP contribution in [0.1, 0.15) is 44.9 Å². The number of rotatable bonds is 1. The van der Waals surface area contributed by atoms with Gasteiger partial charge < -0.3 is 5.73 Å². The smallest absolute Gasteiger partial charge is 0.240 e. The SMILES string of the molecule is Nc1cc(N2C(=O)CC3(CCCCCC3)C2=O)ccc1F. The van der Waals surface area contributed by atoms with Crippen molar-refractivity contribution in [1.82, 2.24) is 0 Å². The number of nitrogens with two attached hydrogens (primary N) is 1. The van der Waals surface area contributed by atoms with Crippen LogP contribution in [0.3, 0.4) is 0 Å². The highest BCUT2D eigenvalue weighted by Gasteiger charge is 2.51. The summed E-state index contributed by atoms with van der Waals surface area (Å²) in [6.07, 6.45) is 6.01. The number of carbonyl (C=O) groups is 2. The van der Waals surface area contributed by atoms with E-state index in [2.05, 4.69) is 0 Å². The van der Waals surface area contributed by atoms with E-state index < -0.39 is 11.2 Å². The zero-order valence-electron chi connectivity index (χ0n) is 11.9. The fourth-order valence-electron chi connectivity index (χ4n) is 3.52. The Morgan fingerprint density at radius 2 is 1.76 bits per heavy atom. The molecule has 2 N–H and O–H groups in total. The summed E-state index contributed by atoms with van der Waals surface area (Å²) in [4.78, 5) is 26.3. The average molecular weight is 290 g/mol. The fourth-order valence-corrected chi connectivity index (χ4v) is 3.52. The molecule has 0 bridgehead atoms. The number of hydrogen-bond acceptors (Lipinski definition) is 3. The van der Waals surface area contributed by atoms with Crippen molar-refractivity contribution in [1.29, 1.82) is 0 Å². The quantitative estimate of drug-likeness (QED) is 0.638. The molecule has 1 aromatic rings. The lowest BCUT2D eigenvalue weighted by atomic mass is 9.79. The first-order valence-corrected chi connectivity index (χ1v) is 7.46. The van der Waals surface area contributed by atoms with Crippen molar-refractivity contribution in [3.05, 3.63) is 24.0 Å². The number of halogens is 1. The summed E-state index contributed by atoms with van der Waals surface area (Å²) in [5.74, 6) is -0.879. The predicted octanol–water partition coefficient (Wildman–Crippen LogP) is 3.01. The van der Waals surface area contributed by atoms with Crippen LogP contribution in [0.5, 0.6) is 0 Å². The van der Waals surface area contributed by atoms with E-state index in [9.17, 15) is 14.0 Å². The molecule has 1 heterocycles. The molecule has 2 amide bonds. The van der Waals surface area contributed by atoms with Gasteiger partial charge in [-0.05, 0) is 31.0 Å². The monoisotopic (exact) mass is 290 g/mol. The maximum Gasteiger partial charge on any atom is 0.240 e. The van der Waals surface area contributed by atoms with Gasteiger partial charge in [0, 0.05) is 6.42 Å². The Morgan fingerprint density at radius 1 is 1.10 bits per heavy atom. The highest BCUT2D eigenvalue weighted by Crippen LogP contribution is 2.45. The van der Waals surface area contributed by atoms with Crippen LogP contribution in [0.15, 0.2) is 18.2 Å². The summed E-state index contributed by atoms with van der Waals surface area (Å²) >= 11 is 0. The van der Waals surface area contributed by atoms with E-state index >= 15 is 0 Å². The first-order valence-electron chi connectivity index (χ1n) is 7.46. The van der Waals surface area contributed by atoms with E-state index in [0.717, 1.165) is 38.5 Å². The minimum Gasteiger partial charge on any atom is -0.396 e. The molecule has 0 radical (unpaired) electrons. The van der Waals surface area contributed by atoms with Crippen molar-refractivity contribution in [2.45, 2.75) is 44.9 Å².